The highest BCUT2D eigenvalue weighted by atomic mass is 28.2. The fraction of sp³-hybridized carbons (Fsp3) is 0.217. The van der Waals surface area contributed by atoms with Gasteiger partial charge in [0.2, 0.25) is 0 Å². The highest BCUT2D eigenvalue weighted by Gasteiger charge is 2.13. The largest absolute Gasteiger partial charge is 0.419 e. The van der Waals surface area contributed by atoms with E-state index in [4.69, 9.17) is 4.43 Å². The second-order valence-electron chi connectivity index (χ2n) is 6.39. The van der Waals surface area contributed by atoms with E-state index >= 15 is 0 Å². The van der Waals surface area contributed by atoms with Gasteiger partial charge in [-0.3, -0.25) is 0 Å². The van der Waals surface area contributed by atoms with E-state index in [-0.39, 0.29) is 0 Å². The predicted molar refractivity (Wildman–Crippen MR) is 109 cm³/mol. The van der Waals surface area contributed by atoms with Crippen LogP contribution in [0.4, 0.5) is 0 Å². The first-order chi connectivity index (χ1) is 12.4. The zero-order valence-corrected chi connectivity index (χ0v) is 16.3. The average molecular weight is 347 g/mol. The minimum Gasteiger partial charge on any atom is -0.419 e. The lowest BCUT2D eigenvalue weighted by Crippen LogP contribution is -2.18. The summed E-state index contributed by atoms with van der Waals surface area (Å²) >= 11 is 0. The van der Waals surface area contributed by atoms with Crippen LogP contribution in [0.3, 0.4) is 0 Å². The molecule has 3 rings (SSSR count). The van der Waals surface area contributed by atoms with Crippen LogP contribution < -0.4 is 5.19 Å². The van der Waals surface area contributed by atoms with Crippen molar-refractivity contribution in [1.29, 1.82) is 0 Å². The van der Waals surface area contributed by atoms with E-state index in [0.717, 1.165) is 19.4 Å². The minimum absolute atomic E-state index is 0.402. The Morgan fingerprint density at radius 3 is 1.84 bits per heavy atom. The molecule has 0 radical (unpaired) electrons. The van der Waals surface area contributed by atoms with E-state index in [0.29, 0.717) is 5.92 Å². The maximum atomic E-state index is 6.11. The van der Waals surface area contributed by atoms with E-state index < -0.39 is 9.76 Å². The summed E-state index contributed by atoms with van der Waals surface area (Å²) < 4.78 is 6.11. The second kappa shape index (κ2) is 9.35. The molecule has 0 aliphatic carbocycles. The van der Waals surface area contributed by atoms with Gasteiger partial charge in [0.15, 0.2) is 9.76 Å². The first-order valence-corrected chi connectivity index (χ1v) is 10.4. The molecule has 3 aromatic rings. The van der Waals surface area contributed by atoms with Crippen LogP contribution in [0.2, 0.25) is 0 Å². The van der Waals surface area contributed by atoms with Gasteiger partial charge in [-0.2, -0.15) is 0 Å². The molecule has 0 saturated carbocycles. The average Bonchev–Trinajstić information content (AvgIpc) is 2.70. The summed E-state index contributed by atoms with van der Waals surface area (Å²) in [7, 11) is -0.638. The predicted octanol–water partition coefficient (Wildman–Crippen LogP) is 4.20. The fourth-order valence-corrected chi connectivity index (χ4v) is 4.13. The van der Waals surface area contributed by atoms with Crippen LogP contribution >= 0.6 is 0 Å². The lowest BCUT2D eigenvalue weighted by Gasteiger charge is -2.18. The molecule has 3 aromatic carbocycles. The summed E-state index contributed by atoms with van der Waals surface area (Å²) in [5, 5.41) is 1.38. The number of benzene rings is 3. The molecule has 1 nitrogen and oxygen atoms in total. The van der Waals surface area contributed by atoms with Gasteiger partial charge in [-0.15, -0.1) is 0 Å². The summed E-state index contributed by atoms with van der Waals surface area (Å²) in [5.41, 5.74) is 4.13. The molecule has 0 atom stereocenters. The van der Waals surface area contributed by atoms with Gasteiger partial charge in [0, 0.05) is 12.5 Å². The SMILES string of the molecule is CCc1ccc([SiH2]OCCC(c2ccccc2)c2ccccc2)cc1. The van der Waals surface area contributed by atoms with Crippen LogP contribution in [0, 0.1) is 0 Å². The molecular weight excluding hydrogens is 320 g/mol. The van der Waals surface area contributed by atoms with E-state index in [9.17, 15) is 0 Å². The summed E-state index contributed by atoms with van der Waals surface area (Å²) in [6.07, 6.45) is 2.12. The molecule has 0 saturated heterocycles. The third-order valence-electron chi connectivity index (χ3n) is 4.65. The number of hydrogen-bond donors (Lipinski definition) is 0. The Hall–Kier alpha value is -2.16. The third kappa shape index (κ3) is 5.15. The fourth-order valence-electron chi connectivity index (χ4n) is 3.16. The van der Waals surface area contributed by atoms with E-state index in [1.54, 1.807) is 0 Å². The van der Waals surface area contributed by atoms with Gasteiger partial charge in [0.1, 0.15) is 0 Å². The minimum atomic E-state index is -0.638. The van der Waals surface area contributed by atoms with Crippen molar-refractivity contribution in [2.75, 3.05) is 6.61 Å². The molecule has 0 aliphatic rings. The Bertz CT molecular complexity index is 699. The molecule has 0 amide bonds. The molecule has 0 aliphatic heterocycles. The van der Waals surface area contributed by atoms with Crippen molar-refractivity contribution in [3.05, 3.63) is 102 Å². The van der Waals surface area contributed by atoms with Gasteiger partial charge in [-0.05, 0) is 34.7 Å². The summed E-state index contributed by atoms with van der Waals surface area (Å²) in [5.74, 6) is 0.402. The molecule has 0 aromatic heterocycles. The molecule has 0 spiro atoms. The van der Waals surface area contributed by atoms with Crippen LogP contribution in [0.15, 0.2) is 84.9 Å². The van der Waals surface area contributed by atoms with Gasteiger partial charge >= 0.3 is 0 Å². The first kappa shape index (κ1) is 17.7. The summed E-state index contributed by atoms with van der Waals surface area (Å²) in [4.78, 5) is 0. The number of hydrogen-bond acceptors (Lipinski definition) is 1. The van der Waals surface area contributed by atoms with Crippen LogP contribution in [-0.4, -0.2) is 16.4 Å². The molecule has 128 valence electrons. The summed E-state index contributed by atoms with van der Waals surface area (Å²) in [6.45, 7) is 3.01. The zero-order valence-electron chi connectivity index (χ0n) is 14.9. The van der Waals surface area contributed by atoms with Crippen molar-refractivity contribution >= 4 is 14.9 Å². The van der Waals surface area contributed by atoms with Crippen LogP contribution in [0.5, 0.6) is 0 Å². The lowest BCUT2D eigenvalue weighted by molar-refractivity contribution is 0.325. The third-order valence-corrected chi connectivity index (χ3v) is 5.95. The highest BCUT2D eigenvalue weighted by Crippen LogP contribution is 2.27. The van der Waals surface area contributed by atoms with Gasteiger partial charge in [0.05, 0.1) is 0 Å². The topological polar surface area (TPSA) is 9.23 Å². The molecule has 0 heterocycles. The van der Waals surface area contributed by atoms with Crippen molar-refractivity contribution in [2.24, 2.45) is 0 Å². The summed E-state index contributed by atoms with van der Waals surface area (Å²) in [6, 6.07) is 30.4. The van der Waals surface area contributed by atoms with Crippen molar-refractivity contribution < 1.29 is 4.43 Å². The van der Waals surface area contributed by atoms with Crippen molar-refractivity contribution in [1.82, 2.24) is 0 Å². The Labute approximate surface area is 153 Å². The van der Waals surface area contributed by atoms with Crippen LogP contribution in [0.1, 0.15) is 36.0 Å². The van der Waals surface area contributed by atoms with Gasteiger partial charge < -0.3 is 4.43 Å². The molecule has 0 bridgehead atoms. The maximum absolute atomic E-state index is 6.11. The highest BCUT2D eigenvalue weighted by molar-refractivity contribution is 6.46. The van der Waals surface area contributed by atoms with Crippen molar-refractivity contribution in [3.63, 3.8) is 0 Å². The lowest BCUT2D eigenvalue weighted by atomic mass is 9.89. The number of rotatable bonds is 8. The van der Waals surface area contributed by atoms with E-state index in [1.165, 1.54) is 21.9 Å². The molecule has 0 N–H and O–H groups in total. The molecule has 0 unspecified atom stereocenters. The van der Waals surface area contributed by atoms with Crippen molar-refractivity contribution in [3.8, 4) is 0 Å². The Kier molecular flexibility index (Phi) is 6.61. The van der Waals surface area contributed by atoms with Crippen LogP contribution in [0.25, 0.3) is 0 Å². The Morgan fingerprint density at radius 1 is 0.760 bits per heavy atom. The quantitative estimate of drug-likeness (QED) is 0.439. The van der Waals surface area contributed by atoms with Gasteiger partial charge in [-0.1, -0.05) is 91.9 Å². The van der Waals surface area contributed by atoms with E-state index in [1.807, 2.05) is 0 Å². The number of aryl methyl sites for hydroxylation is 1. The first-order valence-electron chi connectivity index (χ1n) is 9.12. The smallest absolute Gasteiger partial charge is 0.192 e. The molecule has 25 heavy (non-hydrogen) atoms. The standard InChI is InChI=1S/C23H26OSi/c1-2-19-13-15-22(16-14-19)25-24-18-17-23(20-9-5-3-6-10-20)21-11-7-4-8-12-21/h3-16,23H,2,17-18,25H2,1H3. The molecule has 2 heteroatoms. The van der Waals surface area contributed by atoms with Gasteiger partial charge in [-0.25, -0.2) is 0 Å². The normalized spacial score (nSPS) is 11.4. The Morgan fingerprint density at radius 2 is 1.32 bits per heavy atom. The monoisotopic (exact) mass is 346 g/mol. The second-order valence-corrected chi connectivity index (χ2v) is 7.90. The molecule has 0 fully saturated rings. The van der Waals surface area contributed by atoms with Crippen molar-refractivity contribution in [2.45, 2.75) is 25.7 Å². The Balaban J connectivity index is 1.59. The van der Waals surface area contributed by atoms with Gasteiger partial charge in [0.25, 0.3) is 0 Å². The maximum Gasteiger partial charge on any atom is 0.192 e. The molecular formula is C23H26OSi. The van der Waals surface area contributed by atoms with E-state index in [2.05, 4.69) is 91.9 Å². The zero-order chi connectivity index (χ0) is 17.3. The van der Waals surface area contributed by atoms with Crippen LogP contribution in [-0.2, 0) is 10.8 Å².